The van der Waals surface area contributed by atoms with E-state index >= 15 is 0 Å². The van der Waals surface area contributed by atoms with Crippen molar-refractivity contribution in [3.63, 3.8) is 0 Å². The molecular formula is C19H31N7O. The molecule has 2 rings (SSSR count). The first-order valence-corrected chi connectivity index (χ1v) is 9.20. The van der Waals surface area contributed by atoms with Gasteiger partial charge in [0, 0.05) is 33.1 Å². The minimum absolute atomic E-state index is 0.197. The van der Waals surface area contributed by atoms with E-state index in [0.29, 0.717) is 0 Å². The van der Waals surface area contributed by atoms with Gasteiger partial charge in [0.2, 0.25) is 0 Å². The zero-order valence-corrected chi connectivity index (χ0v) is 16.9. The molecule has 0 fully saturated rings. The lowest BCUT2D eigenvalue weighted by Crippen LogP contribution is -2.42. The first kappa shape index (κ1) is 20.7. The third kappa shape index (κ3) is 5.96. The van der Waals surface area contributed by atoms with Crippen molar-refractivity contribution in [2.45, 2.75) is 25.9 Å². The van der Waals surface area contributed by atoms with E-state index in [0.717, 1.165) is 43.6 Å². The number of nitrogens with one attached hydrogen (secondary N) is 2. The summed E-state index contributed by atoms with van der Waals surface area (Å²) in [7, 11) is 7.61. The summed E-state index contributed by atoms with van der Waals surface area (Å²) in [6.07, 6.45) is 2.64. The molecule has 8 heteroatoms. The average molecular weight is 374 g/mol. The maximum atomic E-state index is 5.35. The monoisotopic (exact) mass is 373 g/mol. The largest absolute Gasteiger partial charge is 0.497 e. The van der Waals surface area contributed by atoms with Crippen molar-refractivity contribution in [3.8, 4) is 5.75 Å². The predicted octanol–water partition coefficient (Wildman–Crippen LogP) is 1.32. The smallest absolute Gasteiger partial charge is 0.191 e. The summed E-state index contributed by atoms with van der Waals surface area (Å²) in [5.74, 6) is 2.63. The number of guanidine groups is 1. The standard InChI is InChI=1S/C19H31N7O/c1-6-18-24-23-14-26(18)11-10-21-19(20-2)22-13-17(25(3)4)15-8-7-9-16(12-15)27-5/h7-9,12,14,17H,6,10-11,13H2,1-5H3,(H2,20,21,22). The molecule has 1 atom stereocenters. The maximum Gasteiger partial charge on any atom is 0.191 e. The zero-order chi connectivity index (χ0) is 19.6. The van der Waals surface area contributed by atoms with Crippen LogP contribution in [-0.4, -0.2) is 67.0 Å². The first-order chi connectivity index (χ1) is 13.1. The Labute approximate surface area is 161 Å². The molecule has 2 aromatic rings. The number of likely N-dealkylation sites (N-methyl/N-ethyl adjacent to an activating group) is 1. The molecule has 0 saturated heterocycles. The maximum absolute atomic E-state index is 5.35. The number of aryl methyl sites for hydroxylation is 1. The number of methoxy groups -OCH3 is 1. The molecule has 0 aliphatic carbocycles. The van der Waals surface area contributed by atoms with Gasteiger partial charge in [-0.1, -0.05) is 19.1 Å². The Balaban J connectivity index is 1.90. The number of hydrogen-bond donors (Lipinski definition) is 2. The summed E-state index contributed by atoms with van der Waals surface area (Å²) in [6, 6.07) is 8.36. The summed E-state index contributed by atoms with van der Waals surface area (Å²) in [6.45, 7) is 4.35. The van der Waals surface area contributed by atoms with Gasteiger partial charge < -0.3 is 24.8 Å². The van der Waals surface area contributed by atoms with Crippen molar-refractivity contribution < 1.29 is 4.74 Å². The third-order valence-corrected chi connectivity index (χ3v) is 4.45. The molecule has 0 aliphatic rings. The Morgan fingerprint density at radius 1 is 1.33 bits per heavy atom. The number of hydrogen-bond acceptors (Lipinski definition) is 5. The number of nitrogens with zero attached hydrogens (tertiary/aromatic N) is 5. The molecule has 0 saturated carbocycles. The van der Waals surface area contributed by atoms with E-state index in [1.165, 1.54) is 5.56 Å². The fourth-order valence-corrected chi connectivity index (χ4v) is 2.90. The molecule has 148 valence electrons. The molecule has 0 radical (unpaired) electrons. The van der Waals surface area contributed by atoms with Crippen molar-refractivity contribution in [2.24, 2.45) is 4.99 Å². The van der Waals surface area contributed by atoms with Crippen LogP contribution in [0.3, 0.4) is 0 Å². The summed E-state index contributed by atoms with van der Waals surface area (Å²) >= 11 is 0. The molecular weight excluding hydrogens is 342 g/mol. The fraction of sp³-hybridized carbons (Fsp3) is 0.526. The Morgan fingerprint density at radius 2 is 2.15 bits per heavy atom. The predicted molar refractivity (Wildman–Crippen MR) is 108 cm³/mol. The van der Waals surface area contributed by atoms with E-state index < -0.39 is 0 Å². The van der Waals surface area contributed by atoms with Crippen LogP contribution in [-0.2, 0) is 13.0 Å². The van der Waals surface area contributed by atoms with Gasteiger partial charge in [-0.25, -0.2) is 0 Å². The molecule has 0 spiro atoms. The van der Waals surface area contributed by atoms with Crippen LogP contribution in [0.25, 0.3) is 0 Å². The fourth-order valence-electron chi connectivity index (χ4n) is 2.90. The number of aliphatic imine (C=N–C) groups is 1. The molecule has 2 N–H and O–H groups in total. The SMILES string of the molecule is CCc1nncn1CCNC(=NC)NCC(c1cccc(OC)c1)N(C)C. The van der Waals surface area contributed by atoms with E-state index in [4.69, 9.17) is 4.74 Å². The Kier molecular flexibility index (Phi) is 8.06. The van der Waals surface area contributed by atoms with Crippen molar-refractivity contribution in [3.05, 3.63) is 42.0 Å². The quantitative estimate of drug-likeness (QED) is 0.510. The second-order valence-electron chi connectivity index (χ2n) is 6.43. The molecule has 8 nitrogen and oxygen atoms in total. The Bertz CT molecular complexity index is 726. The molecule has 1 heterocycles. The Hall–Kier alpha value is -2.61. The summed E-state index contributed by atoms with van der Waals surface area (Å²) < 4.78 is 7.41. The van der Waals surface area contributed by atoms with Gasteiger partial charge in [-0.2, -0.15) is 0 Å². The lowest BCUT2D eigenvalue weighted by molar-refractivity contribution is 0.297. The lowest BCUT2D eigenvalue weighted by atomic mass is 10.1. The van der Waals surface area contributed by atoms with Gasteiger partial charge >= 0.3 is 0 Å². The van der Waals surface area contributed by atoms with Crippen molar-refractivity contribution in [1.82, 2.24) is 30.3 Å². The van der Waals surface area contributed by atoms with Crippen molar-refractivity contribution in [1.29, 1.82) is 0 Å². The zero-order valence-electron chi connectivity index (χ0n) is 16.9. The van der Waals surface area contributed by atoms with Crippen LogP contribution in [0.4, 0.5) is 0 Å². The number of ether oxygens (including phenoxy) is 1. The van der Waals surface area contributed by atoms with Crippen molar-refractivity contribution >= 4 is 5.96 Å². The van der Waals surface area contributed by atoms with Crippen LogP contribution >= 0.6 is 0 Å². The van der Waals surface area contributed by atoms with Gasteiger partial charge in [0.1, 0.15) is 17.9 Å². The van der Waals surface area contributed by atoms with E-state index in [1.807, 2.05) is 12.1 Å². The second-order valence-corrected chi connectivity index (χ2v) is 6.43. The van der Waals surface area contributed by atoms with E-state index in [-0.39, 0.29) is 6.04 Å². The van der Waals surface area contributed by atoms with Gasteiger partial charge in [0.15, 0.2) is 5.96 Å². The van der Waals surface area contributed by atoms with Crippen molar-refractivity contribution in [2.75, 3.05) is 41.3 Å². The van der Waals surface area contributed by atoms with E-state index in [9.17, 15) is 0 Å². The van der Waals surface area contributed by atoms with Crippen LogP contribution in [0.5, 0.6) is 5.75 Å². The number of benzene rings is 1. The number of aromatic nitrogens is 3. The summed E-state index contributed by atoms with van der Waals surface area (Å²) in [5.41, 5.74) is 1.19. The minimum atomic E-state index is 0.197. The molecule has 1 aromatic carbocycles. The minimum Gasteiger partial charge on any atom is -0.497 e. The highest BCUT2D eigenvalue weighted by atomic mass is 16.5. The second kappa shape index (κ2) is 10.5. The normalized spacial score (nSPS) is 12.9. The molecule has 1 unspecified atom stereocenters. The molecule has 1 aromatic heterocycles. The lowest BCUT2D eigenvalue weighted by Gasteiger charge is -2.26. The highest BCUT2D eigenvalue weighted by Gasteiger charge is 2.15. The van der Waals surface area contributed by atoms with Crippen LogP contribution in [0, 0.1) is 0 Å². The topological polar surface area (TPSA) is 79.6 Å². The molecule has 0 bridgehead atoms. The van der Waals surface area contributed by atoms with Crippen LogP contribution in [0.2, 0.25) is 0 Å². The van der Waals surface area contributed by atoms with Gasteiger partial charge in [-0.3, -0.25) is 4.99 Å². The number of rotatable bonds is 9. The van der Waals surface area contributed by atoms with Crippen LogP contribution in [0.15, 0.2) is 35.6 Å². The van der Waals surface area contributed by atoms with E-state index in [2.05, 4.69) is 68.4 Å². The highest BCUT2D eigenvalue weighted by molar-refractivity contribution is 5.79. The van der Waals surface area contributed by atoms with Crippen LogP contribution < -0.4 is 15.4 Å². The van der Waals surface area contributed by atoms with Crippen LogP contribution in [0.1, 0.15) is 24.4 Å². The highest BCUT2D eigenvalue weighted by Crippen LogP contribution is 2.21. The molecule has 0 amide bonds. The van der Waals surface area contributed by atoms with E-state index in [1.54, 1.807) is 20.5 Å². The third-order valence-electron chi connectivity index (χ3n) is 4.45. The Morgan fingerprint density at radius 3 is 2.81 bits per heavy atom. The molecule has 0 aliphatic heterocycles. The van der Waals surface area contributed by atoms with Gasteiger partial charge in [0.05, 0.1) is 13.2 Å². The molecule has 27 heavy (non-hydrogen) atoms. The first-order valence-electron chi connectivity index (χ1n) is 9.20. The average Bonchev–Trinajstić information content (AvgIpc) is 3.14. The van der Waals surface area contributed by atoms with Gasteiger partial charge in [-0.05, 0) is 31.8 Å². The summed E-state index contributed by atoms with van der Waals surface area (Å²) in [5, 5.41) is 14.8. The van der Waals surface area contributed by atoms with Gasteiger partial charge in [0.25, 0.3) is 0 Å². The van der Waals surface area contributed by atoms with Gasteiger partial charge in [-0.15, -0.1) is 10.2 Å². The summed E-state index contributed by atoms with van der Waals surface area (Å²) in [4.78, 5) is 6.50.